The van der Waals surface area contributed by atoms with Crippen LogP contribution in [0.3, 0.4) is 0 Å². The summed E-state index contributed by atoms with van der Waals surface area (Å²) < 4.78 is 0. The first kappa shape index (κ1) is 20.3. The Morgan fingerprint density at radius 1 is 0.720 bits per heavy atom. The molecule has 2 bridgehead atoms. The van der Waals surface area contributed by atoms with Gasteiger partial charge in [0, 0.05) is 70.9 Å². The Balaban J connectivity index is 1.98. The van der Waals surface area contributed by atoms with Gasteiger partial charge in [-0.1, -0.05) is 20.8 Å². The van der Waals surface area contributed by atoms with E-state index in [4.69, 9.17) is 5.11 Å². The van der Waals surface area contributed by atoms with Crippen molar-refractivity contribution in [2.45, 2.75) is 20.8 Å². The van der Waals surface area contributed by atoms with E-state index in [0.29, 0.717) is 12.3 Å². The van der Waals surface area contributed by atoms with Crippen LogP contribution in [0.15, 0.2) is 0 Å². The molecule has 0 aromatic heterocycles. The number of hydrogen-bond acceptors (Lipinski definition) is 6. The minimum atomic E-state index is -0.753. The summed E-state index contributed by atoms with van der Waals surface area (Å²) in [6.07, 6.45) is 0. The molecule has 0 radical (unpaired) electrons. The largest absolute Gasteiger partial charge is 0.480 e. The van der Waals surface area contributed by atoms with Gasteiger partial charge in [0.05, 0.1) is 13.1 Å². The molecule has 2 fully saturated rings. The molecular weight excluding hydrogens is 320 g/mol. The van der Waals surface area contributed by atoms with Gasteiger partial charge in [-0.05, 0) is 0 Å². The minimum absolute atomic E-state index is 0.119. The lowest BCUT2D eigenvalue weighted by atomic mass is 9.90. The molecule has 2 aliphatic rings. The summed E-state index contributed by atoms with van der Waals surface area (Å²) >= 11 is 0. The van der Waals surface area contributed by atoms with Crippen molar-refractivity contribution in [3.63, 3.8) is 0 Å². The number of carboxylic acids is 1. The quantitative estimate of drug-likeness (QED) is 0.757. The van der Waals surface area contributed by atoms with Gasteiger partial charge in [-0.15, -0.1) is 0 Å². The number of carbonyl (C=O) groups excluding carboxylic acids is 1. The molecule has 25 heavy (non-hydrogen) atoms. The zero-order valence-corrected chi connectivity index (χ0v) is 16.0. The van der Waals surface area contributed by atoms with Crippen LogP contribution in [0.4, 0.5) is 0 Å². The van der Waals surface area contributed by atoms with Crippen molar-refractivity contribution in [3.8, 4) is 0 Å². The minimum Gasteiger partial charge on any atom is -0.480 e. The van der Waals surface area contributed by atoms with Gasteiger partial charge in [0.25, 0.3) is 0 Å². The number of Topliss-reactive ketones (excluding diaryl/α,β-unsaturated/α-hetero) is 1. The molecule has 7 nitrogen and oxygen atoms in total. The summed E-state index contributed by atoms with van der Waals surface area (Å²) in [6.45, 7) is 15.7. The Bertz CT molecular complexity index is 444. The zero-order valence-electron chi connectivity index (χ0n) is 16.0. The third-order valence-electron chi connectivity index (χ3n) is 5.22. The second-order valence-corrected chi connectivity index (χ2v) is 8.30. The lowest BCUT2D eigenvalue weighted by molar-refractivity contribution is -0.138. The third kappa shape index (κ3) is 7.01. The van der Waals surface area contributed by atoms with Gasteiger partial charge < -0.3 is 5.11 Å². The summed E-state index contributed by atoms with van der Waals surface area (Å²) in [5, 5.41) is 9.08. The van der Waals surface area contributed by atoms with E-state index < -0.39 is 5.97 Å². The van der Waals surface area contributed by atoms with E-state index in [1.54, 1.807) is 0 Å². The molecule has 144 valence electrons. The summed E-state index contributed by atoms with van der Waals surface area (Å²) in [5.41, 5.74) is -0.291. The molecule has 2 rings (SSSR count). The second kappa shape index (κ2) is 9.07. The van der Waals surface area contributed by atoms with Crippen molar-refractivity contribution in [1.82, 2.24) is 19.6 Å². The number of carboxylic acid groups (broad SMARTS) is 1. The molecule has 2 saturated heterocycles. The van der Waals surface area contributed by atoms with Gasteiger partial charge in [0.2, 0.25) is 0 Å². The fourth-order valence-corrected chi connectivity index (χ4v) is 3.26. The molecule has 2 unspecified atom stereocenters. The van der Waals surface area contributed by atoms with Gasteiger partial charge >= 0.3 is 5.97 Å². The SMILES string of the molecule is CC(C)(C)C(=O)CN1CCN2CCN(CCN(CC(=O)O)CC2)CC1. The predicted octanol–water partition coefficient (Wildman–Crippen LogP) is -0.0786. The molecule has 0 aromatic rings. The van der Waals surface area contributed by atoms with Crippen molar-refractivity contribution < 1.29 is 14.7 Å². The summed E-state index contributed by atoms with van der Waals surface area (Å²) in [6, 6.07) is 0. The van der Waals surface area contributed by atoms with E-state index in [1.807, 2.05) is 25.7 Å². The first-order valence-electron chi connectivity index (χ1n) is 9.38. The first-order chi connectivity index (χ1) is 11.7. The Kier molecular flexibility index (Phi) is 7.37. The summed E-state index contributed by atoms with van der Waals surface area (Å²) in [7, 11) is 0. The second-order valence-electron chi connectivity index (χ2n) is 8.30. The number of rotatable bonds is 4. The third-order valence-corrected chi connectivity index (χ3v) is 5.22. The average Bonchev–Trinajstić information content (AvgIpc) is 2.65. The number of nitrogens with zero attached hydrogens (tertiary/aromatic N) is 4. The van der Waals surface area contributed by atoms with Crippen molar-refractivity contribution >= 4 is 11.8 Å². The van der Waals surface area contributed by atoms with Crippen LogP contribution in [0.25, 0.3) is 0 Å². The van der Waals surface area contributed by atoms with Crippen LogP contribution in [0, 0.1) is 5.41 Å². The lowest BCUT2D eigenvalue weighted by Crippen LogP contribution is -2.45. The standard InChI is InChI=1S/C18H34N4O3/c1-18(2,3)16(23)14-21-10-6-19-4-5-20(7-11-21)9-13-22(12-8-19)15-17(24)25/h4-15H2,1-3H3,(H,24,25). The van der Waals surface area contributed by atoms with Crippen molar-refractivity contribution in [2.24, 2.45) is 5.41 Å². The van der Waals surface area contributed by atoms with Gasteiger partial charge in [0.1, 0.15) is 0 Å². The number of ketones is 1. The van der Waals surface area contributed by atoms with E-state index in [2.05, 4.69) is 14.7 Å². The lowest BCUT2D eigenvalue weighted by Gasteiger charge is -2.30. The number of fused-ring (bicyclic) bond motifs is 3. The number of hydrogen-bond donors (Lipinski definition) is 1. The van der Waals surface area contributed by atoms with E-state index in [1.165, 1.54) is 0 Å². The maximum absolute atomic E-state index is 12.4. The normalized spacial score (nSPS) is 27.5. The summed E-state index contributed by atoms with van der Waals surface area (Å²) in [4.78, 5) is 32.6. The maximum atomic E-state index is 12.4. The van der Waals surface area contributed by atoms with Gasteiger partial charge in [-0.2, -0.15) is 0 Å². The van der Waals surface area contributed by atoms with Crippen LogP contribution in [-0.4, -0.2) is 115 Å². The highest BCUT2D eigenvalue weighted by atomic mass is 16.4. The maximum Gasteiger partial charge on any atom is 0.317 e. The Hall–Kier alpha value is -1.02. The molecule has 0 spiro atoms. The van der Waals surface area contributed by atoms with Crippen molar-refractivity contribution in [2.75, 3.05) is 78.5 Å². The first-order valence-corrected chi connectivity index (χ1v) is 9.38. The molecular formula is C18H34N4O3. The Labute approximate surface area is 151 Å². The highest BCUT2D eigenvalue weighted by Crippen LogP contribution is 2.15. The molecule has 2 heterocycles. The Morgan fingerprint density at radius 3 is 1.44 bits per heavy atom. The molecule has 1 N–H and O–H groups in total. The van der Waals surface area contributed by atoms with Crippen molar-refractivity contribution in [1.29, 1.82) is 0 Å². The fourth-order valence-electron chi connectivity index (χ4n) is 3.26. The highest BCUT2D eigenvalue weighted by Gasteiger charge is 2.25. The van der Waals surface area contributed by atoms with E-state index in [9.17, 15) is 9.59 Å². The molecule has 0 saturated carbocycles. The molecule has 7 heteroatoms. The molecule has 0 aliphatic carbocycles. The smallest absolute Gasteiger partial charge is 0.317 e. The van der Waals surface area contributed by atoms with Gasteiger partial charge in [-0.25, -0.2) is 0 Å². The summed E-state index contributed by atoms with van der Waals surface area (Å²) in [5.74, 6) is -0.458. The predicted molar refractivity (Wildman–Crippen MR) is 97.9 cm³/mol. The van der Waals surface area contributed by atoms with Crippen LogP contribution in [0.5, 0.6) is 0 Å². The fraction of sp³-hybridized carbons (Fsp3) is 0.889. The molecule has 0 amide bonds. The monoisotopic (exact) mass is 354 g/mol. The van der Waals surface area contributed by atoms with Crippen LogP contribution in [-0.2, 0) is 9.59 Å². The van der Waals surface area contributed by atoms with Crippen LogP contribution in [0.2, 0.25) is 0 Å². The molecule has 2 aliphatic heterocycles. The average molecular weight is 354 g/mol. The van der Waals surface area contributed by atoms with E-state index in [0.717, 1.165) is 65.4 Å². The van der Waals surface area contributed by atoms with E-state index in [-0.39, 0.29) is 12.0 Å². The van der Waals surface area contributed by atoms with Gasteiger partial charge in [-0.3, -0.25) is 29.2 Å². The van der Waals surface area contributed by atoms with Crippen LogP contribution >= 0.6 is 0 Å². The highest BCUT2D eigenvalue weighted by molar-refractivity contribution is 5.85. The molecule has 0 aromatic carbocycles. The Morgan fingerprint density at radius 2 is 1.08 bits per heavy atom. The zero-order chi connectivity index (χ0) is 18.4. The number of carbonyl (C=O) groups is 2. The molecule has 2 atom stereocenters. The topological polar surface area (TPSA) is 67.3 Å². The van der Waals surface area contributed by atoms with Gasteiger partial charge in [0.15, 0.2) is 5.78 Å². The van der Waals surface area contributed by atoms with Crippen LogP contribution < -0.4 is 0 Å². The van der Waals surface area contributed by atoms with E-state index >= 15 is 0 Å². The van der Waals surface area contributed by atoms with Crippen LogP contribution in [0.1, 0.15) is 20.8 Å². The number of aliphatic carboxylic acids is 1. The van der Waals surface area contributed by atoms with Crippen molar-refractivity contribution in [3.05, 3.63) is 0 Å².